The average Bonchev–Trinajstić information content (AvgIpc) is 2.30. The number of carbonyl (C=O) groups excluding carboxylic acids is 1. The van der Waals surface area contributed by atoms with E-state index in [9.17, 15) is 4.79 Å². The fourth-order valence-electron chi connectivity index (χ4n) is 1.92. The largest absolute Gasteiger partial charge is 0.360 e. The highest BCUT2D eigenvalue weighted by Gasteiger charge is 2.24. The second-order valence-electron chi connectivity index (χ2n) is 3.71. The SMILES string of the molecule is O=CN1CCN(C2CNCCO2)CC1. The lowest BCUT2D eigenvalue weighted by Gasteiger charge is -2.39. The minimum atomic E-state index is 0.206. The van der Waals surface area contributed by atoms with Gasteiger partial charge in [-0.3, -0.25) is 9.69 Å². The summed E-state index contributed by atoms with van der Waals surface area (Å²) in [7, 11) is 0. The summed E-state index contributed by atoms with van der Waals surface area (Å²) in [5.74, 6) is 0. The molecule has 0 bridgehead atoms. The summed E-state index contributed by atoms with van der Waals surface area (Å²) < 4.78 is 5.64. The van der Waals surface area contributed by atoms with Crippen LogP contribution in [0, 0.1) is 0 Å². The molecule has 2 aliphatic heterocycles. The van der Waals surface area contributed by atoms with Gasteiger partial charge in [0, 0.05) is 39.3 Å². The quantitative estimate of drug-likeness (QED) is 0.562. The van der Waals surface area contributed by atoms with Crippen molar-refractivity contribution >= 4 is 6.41 Å². The van der Waals surface area contributed by atoms with Crippen molar-refractivity contribution in [2.45, 2.75) is 6.23 Å². The molecule has 0 aromatic heterocycles. The smallest absolute Gasteiger partial charge is 0.209 e. The average molecular weight is 199 g/mol. The van der Waals surface area contributed by atoms with Crippen LogP contribution in [0.15, 0.2) is 0 Å². The lowest BCUT2D eigenvalue weighted by atomic mass is 10.3. The number of nitrogens with one attached hydrogen (secondary N) is 1. The molecule has 2 saturated heterocycles. The molecule has 1 unspecified atom stereocenters. The van der Waals surface area contributed by atoms with Gasteiger partial charge in [-0.05, 0) is 0 Å². The zero-order valence-electron chi connectivity index (χ0n) is 8.32. The molecule has 0 radical (unpaired) electrons. The molecule has 14 heavy (non-hydrogen) atoms. The Morgan fingerprint density at radius 1 is 1.29 bits per heavy atom. The summed E-state index contributed by atoms with van der Waals surface area (Å²) >= 11 is 0. The number of ether oxygens (including phenoxy) is 1. The van der Waals surface area contributed by atoms with Crippen LogP contribution >= 0.6 is 0 Å². The third-order valence-electron chi connectivity index (χ3n) is 2.81. The summed E-state index contributed by atoms with van der Waals surface area (Å²) in [6.45, 7) is 6.13. The Morgan fingerprint density at radius 3 is 2.64 bits per heavy atom. The maximum Gasteiger partial charge on any atom is 0.209 e. The Kier molecular flexibility index (Phi) is 3.34. The van der Waals surface area contributed by atoms with E-state index in [0.717, 1.165) is 52.3 Å². The molecule has 2 fully saturated rings. The predicted molar refractivity (Wildman–Crippen MR) is 51.8 cm³/mol. The highest BCUT2D eigenvalue weighted by Crippen LogP contribution is 2.07. The Bertz CT molecular complexity index is 186. The van der Waals surface area contributed by atoms with Crippen LogP contribution in [-0.2, 0) is 9.53 Å². The molecule has 0 aliphatic carbocycles. The first-order valence-electron chi connectivity index (χ1n) is 5.16. The number of hydrogen-bond acceptors (Lipinski definition) is 4. The summed E-state index contributed by atoms with van der Waals surface area (Å²) in [5.41, 5.74) is 0. The van der Waals surface area contributed by atoms with Crippen molar-refractivity contribution in [3.63, 3.8) is 0 Å². The lowest BCUT2D eigenvalue weighted by Crippen LogP contribution is -2.55. The van der Waals surface area contributed by atoms with Crippen LogP contribution in [-0.4, -0.2) is 68.3 Å². The first-order valence-corrected chi connectivity index (χ1v) is 5.16. The van der Waals surface area contributed by atoms with E-state index in [1.807, 2.05) is 4.90 Å². The van der Waals surface area contributed by atoms with Crippen molar-refractivity contribution in [2.75, 3.05) is 45.9 Å². The molecule has 0 saturated carbocycles. The van der Waals surface area contributed by atoms with Gasteiger partial charge in [-0.2, -0.15) is 0 Å². The number of carbonyl (C=O) groups is 1. The number of rotatable bonds is 2. The molecule has 0 spiro atoms. The first kappa shape index (κ1) is 9.89. The van der Waals surface area contributed by atoms with Crippen molar-refractivity contribution < 1.29 is 9.53 Å². The highest BCUT2D eigenvalue weighted by molar-refractivity contribution is 5.47. The fourth-order valence-corrected chi connectivity index (χ4v) is 1.92. The maximum absolute atomic E-state index is 10.5. The molecule has 2 heterocycles. The minimum absolute atomic E-state index is 0.206. The maximum atomic E-state index is 10.5. The second-order valence-corrected chi connectivity index (χ2v) is 3.71. The summed E-state index contributed by atoms with van der Waals surface area (Å²) in [4.78, 5) is 14.6. The number of hydrogen-bond donors (Lipinski definition) is 1. The standard InChI is InChI=1S/C9H17N3O2/c13-8-11-2-4-12(5-3-11)9-7-10-1-6-14-9/h8-10H,1-7H2. The number of piperazine rings is 1. The Balaban J connectivity index is 1.78. The van der Waals surface area contributed by atoms with Crippen LogP contribution < -0.4 is 5.32 Å². The lowest BCUT2D eigenvalue weighted by molar-refractivity contribution is -0.124. The molecule has 1 amide bonds. The molecule has 0 aromatic carbocycles. The van der Waals surface area contributed by atoms with Crippen LogP contribution in [0.4, 0.5) is 0 Å². The molecule has 1 N–H and O–H groups in total. The Morgan fingerprint density at radius 2 is 2.07 bits per heavy atom. The van der Waals surface area contributed by atoms with E-state index in [1.165, 1.54) is 0 Å². The molecule has 0 aromatic rings. The van der Waals surface area contributed by atoms with Gasteiger partial charge in [-0.1, -0.05) is 0 Å². The molecule has 5 nitrogen and oxygen atoms in total. The fraction of sp³-hybridized carbons (Fsp3) is 0.889. The third-order valence-corrected chi connectivity index (χ3v) is 2.81. The van der Waals surface area contributed by atoms with Crippen molar-refractivity contribution in [1.29, 1.82) is 0 Å². The van der Waals surface area contributed by atoms with Crippen LogP contribution in [0.1, 0.15) is 0 Å². The summed E-state index contributed by atoms with van der Waals surface area (Å²) in [5, 5.41) is 3.31. The van der Waals surface area contributed by atoms with Crippen molar-refractivity contribution in [1.82, 2.24) is 15.1 Å². The van der Waals surface area contributed by atoms with Crippen LogP contribution in [0.25, 0.3) is 0 Å². The van der Waals surface area contributed by atoms with Gasteiger partial charge in [0.05, 0.1) is 6.61 Å². The van der Waals surface area contributed by atoms with E-state index in [-0.39, 0.29) is 6.23 Å². The molecule has 5 heteroatoms. The first-order chi connectivity index (χ1) is 6.90. The summed E-state index contributed by atoms with van der Waals surface area (Å²) in [6.07, 6.45) is 1.13. The van der Waals surface area contributed by atoms with Gasteiger partial charge < -0.3 is 15.0 Å². The van der Waals surface area contributed by atoms with Gasteiger partial charge in [0.15, 0.2) is 0 Å². The van der Waals surface area contributed by atoms with Gasteiger partial charge in [-0.25, -0.2) is 0 Å². The van der Waals surface area contributed by atoms with E-state index < -0.39 is 0 Å². The van der Waals surface area contributed by atoms with E-state index in [0.29, 0.717) is 0 Å². The van der Waals surface area contributed by atoms with Crippen LogP contribution in [0.3, 0.4) is 0 Å². The van der Waals surface area contributed by atoms with Gasteiger partial charge >= 0.3 is 0 Å². The monoisotopic (exact) mass is 199 g/mol. The van der Waals surface area contributed by atoms with Crippen molar-refractivity contribution in [3.8, 4) is 0 Å². The normalized spacial score (nSPS) is 30.3. The molecular formula is C9H17N3O2. The zero-order chi connectivity index (χ0) is 9.80. The number of morpholine rings is 1. The van der Waals surface area contributed by atoms with Gasteiger partial charge in [0.2, 0.25) is 6.41 Å². The van der Waals surface area contributed by atoms with Crippen LogP contribution in [0.5, 0.6) is 0 Å². The van der Waals surface area contributed by atoms with Crippen molar-refractivity contribution in [3.05, 3.63) is 0 Å². The van der Waals surface area contributed by atoms with E-state index >= 15 is 0 Å². The topological polar surface area (TPSA) is 44.8 Å². The van der Waals surface area contributed by atoms with Gasteiger partial charge in [0.25, 0.3) is 0 Å². The third kappa shape index (κ3) is 2.23. The summed E-state index contributed by atoms with van der Waals surface area (Å²) in [6, 6.07) is 0. The Hall–Kier alpha value is -0.650. The van der Waals surface area contributed by atoms with E-state index in [2.05, 4.69) is 10.2 Å². The van der Waals surface area contributed by atoms with E-state index in [1.54, 1.807) is 0 Å². The van der Waals surface area contributed by atoms with Crippen LogP contribution in [0.2, 0.25) is 0 Å². The predicted octanol–water partition coefficient (Wildman–Crippen LogP) is -1.29. The molecule has 1 atom stereocenters. The second kappa shape index (κ2) is 4.72. The molecule has 2 rings (SSSR count). The molecule has 2 aliphatic rings. The highest BCUT2D eigenvalue weighted by atomic mass is 16.5. The van der Waals surface area contributed by atoms with Crippen molar-refractivity contribution in [2.24, 2.45) is 0 Å². The zero-order valence-corrected chi connectivity index (χ0v) is 8.32. The molecule has 80 valence electrons. The van der Waals surface area contributed by atoms with E-state index in [4.69, 9.17) is 4.74 Å². The van der Waals surface area contributed by atoms with Gasteiger partial charge in [-0.15, -0.1) is 0 Å². The molecular weight excluding hydrogens is 182 g/mol. The van der Waals surface area contributed by atoms with Gasteiger partial charge in [0.1, 0.15) is 6.23 Å². The number of amides is 1. The minimum Gasteiger partial charge on any atom is -0.360 e. The Labute approximate surface area is 84.0 Å². The number of nitrogens with zero attached hydrogens (tertiary/aromatic N) is 2.